The maximum atomic E-state index is 11.9. The van der Waals surface area contributed by atoms with E-state index in [1.807, 2.05) is 0 Å². The molecule has 0 aromatic heterocycles. The van der Waals surface area contributed by atoms with E-state index in [1.165, 1.54) is 69.7 Å². The van der Waals surface area contributed by atoms with Crippen LogP contribution in [0.15, 0.2) is 0 Å². The first-order chi connectivity index (χ1) is 12.5. The first-order valence-electron chi connectivity index (χ1n) is 10.4. The molecule has 0 unspecified atom stereocenters. The van der Waals surface area contributed by atoms with Crippen LogP contribution in [-0.2, 0) is 19.1 Å². The quantitative estimate of drug-likeness (QED) is 0.212. The van der Waals surface area contributed by atoms with Crippen LogP contribution in [0.3, 0.4) is 0 Å². The van der Waals surface area contributed by atoms with E-state index in [4.69, 9.17) is 4.74 Å². The second-order valence-electron chi connectivity index (χ2n) is 7.06. The highest BCUT2D eigenvalue weighted by atomic mass is 16.5. The lowest BCUT2D eigenvalue weighted by atomic mass is 10.0. The summed E-state index contributed by atoms with van der Waals surface area (Å²) < 4.78 is 4.79. The fourth-order valence-electron chi connectivity index (χ4n) is 2.87. The number of carbonyl (C=O) groups excluding carboxylic acids is 3. The maximum absolute atomic E-state index is 11.9. The minimum Gasteiger partial charge on any atom is -0.465 e. The van der Waals surface area contributed by atoms with Gasteiger partial charge in [0.1, 0.15) is 12.3 Å². The number of likely N-dealkylation sites (N-methyl/N-ethyl adjacent to an activating group) is 1. The molecule has 0 aromatic carbocycles. The molecule has 0 radical (unpaired) electrons. The van der Waals surface area contributed by atoms with Gasteiger partial charge in [-0.25, -0.2) is 0 Å². The van der Waals surface area contributed by atoms with E-state index in [1.54, 1.807) is 6.92 Å². The fraction of sp³-hybridized carbons (Fsp3) is 0.857. The molecular weight excluding hydrogens is 330 g/mol. The number of rotatable bonds is 17. The molecule has 1 amide bonds. The summed E-state index contributed by atoms with van der Waals surface area (Å²) in [6.07, 6.45) is 14.0. The monoisotopic (exact) mass is 369 g/mol. The Morgan fingerprint density at radius 1 is 0.769 bits per heavy atom. The summed E-state index contributed by atoms with van der Waals surface area (Å²) in [5, 5.41) is 0. The largest absolute Gasteiger partial charge is 0.465 e. The van der Waals surface area contributed by atoms with Crippen molar-refractivity contribution in [1.29, 1.82) is 0 Å². The summed E-state index contributed by atoms with van der Waals surface area (Å²) in [4.78, 5) is 36.3. The Labute approximate surface area is 159 Å². The van der Waals surface area contributed by atoms with Gasteiger partial charge in [0.15, 0.2) is 0 Å². The summed E-state index contributed by atoms with van der Waals surface area (Å²) in [7, 11) is 1.52. The van der Waals surface area contributed by atoms with E-state index < -0.39 is 5.97 Å². The van der Waals surface area contributed by atoms with Crippen molar-refractivity contribution in [3.05, 3.63) is 0 Å². The van der Waals surface area contributed by atoms with E-state index in [2.05, 4.69) is 6.92 Å². The summed E-state index contributed by atoms with van der Waals surface area (Å²) in [5.74, 6) is -0.797. The molecule has 0 heterocycles. The number of ether oxygens (including phenoxy) is 1. The molecule has 0 aromatic rings. The van der Waals surface area contributed by atoms with Gasteiger partial charge in [0.2, 0.25) is 5.91 Å². The average Bonchev–Trinajstić information content (AvgIpc) is 2.59. The smallest absolute Gasteiger partial charge is 0.325 e. The lowest BCUT2D eigenvalue weighted by Crippen LogP contribution is -2.34. The molecule has 152 valence electrons. The average molecular weight is 370 g/mol. The van der Waals surface area contributed by atoms with Crippen molar-refractivity contribution < 1.29 is 19.1 Å². The van der Waals surface area contributed by atoms with Crippen LogP contribution in [0.25, 0.3) is 0 Å². The zero-order valence-corrected chi connectivity index (χ0v) is 17.2. The van der Waals surface area contributed by atoms with Crippen molar-refractivity contribution in [2.24, 2.45) is 0 Å². The van der Waals surface area contributed by atoms with Crippen LogP contribution in [-0.4, -0.2) is 42.8 Å². The number of unbranched alkanes of at least 4 members (excludes halogenated alkanes) is 10. The Bertz CT molecular complexity index is 395. The normalized spacial score (nSPS) is 10.6. The Morgan fingerprint density at radius 2 is 1.27 bits per heavy atom. The van der Waals surface area contributed by atoms with Gasteiger partial charge < -0.3 is 9.64 Å². The van der Waals surface area contributed by atoms with Crippen molar-refractivity contribution in [2.45, 2.75) is 97.3 Å². The van der Waals surface area contributed by atoms with E-state index in [0.717, 1.165) is 12.8 Å². The zero-order valence-electron chi connectivity index (χ0n) is 17.2. The highest BCUT2D eigenvalue weighted by molar-refractivity contribution is 5.98. The fourth-order valence-corrected chi connectivity index (χ4v) is 2.87. The number of hydrogen-bond donors (Lipinski definition) is 0. The lowest BCUT2D eigenvalue weighted by Gasteiger charge is -2.15. The molecule has 0 N–H and O–H groups in total. The van der Waals surface area contributed by atoms with E-state index in [9.17, 15) is 14.4 Å². The van der Waals surface area contributed by atoms with Crippen molar-refractivity contribution in [2.75, 3.05) is 20.2 Å². The SMILES string of the molecule is CCCCCCCCCCCCCC(=O)CC(=O)N(C)CC(=O)OCC. The Balaban J connectivity index is 3.56. The predicted octanol–water partition coefficient (Wildman–Crippen LogP) is 4.67. The van der Waals surface area contributed by atoms with Crippen molar-refractivity contribution in [1.82, 2.24) is 4.90 Å². The molecule has 0 aliphatic heterocycles. The molecule has 0 saturated carbocycles. The van der Waals surface area contributed by atoms with Gasteiger partial charge in [0, 0.05) is 13.5 Å². The predicted molar refractivity (Wildman–Crippen MR) is 105 cm³/mol. The van der Waals surface area contributed by atoms with Crippen LogP contribution in [0.2, 0.25) is 0 Å². The molecular formula is C21H39NO4. The van der Waals surface area contributed by atoms with Gasteiger partial charge in [0.25, 0.3) is 0 Å². The van der Waals surface area contributed by atoms with Gasteiger partial charge in [-0.05, 0) is 13.3 Å². The second kappa shape index (κ2) is 17.0. The van der Waals surface area contributed by atoms with E-state index in [0.29, 0.717) is 13.0 Å². The number of esters is 1. The van der Waals surface area contributed by atoms with Gasteiger partial charge >= 0.3 is 5.97 Å². The topological polar surface area (TPSA) is 63.7 Å². The Hall–Kier alpha value is -1.39. The van der Waals surface area contributed by atoms with E-state index in [-0.39, 0.29) is 24.7 Å². The molecule has 0 spiro atoms. The first kappa shape index (κ1) is 24.6. The molecule has 0 rings (SSSR count). The van der Waals surface area contributed by atoms with Gasteiger partial charge in [0.05, 0.1) is 13.0 Å². The number of Topliss-reactive ketones (excluding diaryl/α,β-unsaturated/α-hetero) is 1. The lowest BCUT2D eigenvalue weighted by molar-refractivity contribution is -0.148. The van der Waals surface area contributed by atoms with Crippen molar-refractivity contribution >= 4 is 17.7 Å². The summed E-state index contributed by atoms with van der Waals surface area (Å²) in [6.45, 7) is 4.15. The third-order valence-corrected chi connectivity index (χ3v) is 4.50. The molecule has 0 aliphatic rings. The third kappa shape index (κ3) is 14.9. The number of amides is 1. The molecule has 0 saturated heterocycles. The second-order valence-corrected chi connectivity index (χ2v) is 7.06. The highest BCUT2D eigenvalue weighted by Gasteiger charge is 2.16. The van der Waals surface area contributed by atoms with Crippen LogP contribution in [0, 0.1) is 0 Å². The number of hydrogen-bond acceptors (Lipinski definition) is 4. The van der Waals surface area contributed by atoms with Crippen LogP contribution in [0.1, 0.15) is 97.3 Å². The van der Waals surface area contributed by atoms with Crippen LogP contribution >= 0.6 is 0 Å². The van der Waals surface area contributed by atoms with Gasteiger partial charge in [-0.3, -0.25) is 14.4 Å². The van der Waals surface area contributed by atoms with Crippen LogP contribution in [0.4, 0.5) is 0 Å². The Kier molecular flexibility index (Phi) is 16.1. The molecule has 26 heavy (non-hydrogen) atoms. The minimum absolute atomic E-state index is 0.0402. The van der Waals surface area contributed by atoms with Gasteiger partial charge in [-0.2, -0.15) is 0 Å². The molecule has 5 heteroatoms. The first-order valence-corrected chi connectivity index (χ1v) is 10.4. The number of ketones is 1. The third-order valence-electron chi connectivity index (χ3n) is 4.50. The molecule has 5 nitrogen and oxygen atoms in total. The van der Waals surface area contributed by atoms with Crippen molar-refractivity contribution in [3.63, 3.8) is 0 Å². The molecule has 0 atom stereocenters. The number of nitrogens with zero attached hydrogens (tertiary/aromatic N) is 1. The number of carbonyl (C=O) groups is 3. The molecule has 0 bridgehead atoms. The highest BCUT2D eigenvalue weighted by Crippen LogP contribution is 2.12. The summed E-state index contributed by atoms with van der Waals surface area (Å²) >= 11 is 0. The van der Waals surface area contributed by atoms with Crippen LogP contribution in [0.5, 0.6) is 0 Å². The zero-order chi connectivity index (χ0) is 19.6. The summed E-state index contributed by atoms with van der Waals surface area (Å²) in [6, 6.07) is 0. The Morgan fingerprint density at radius 3 is 1.77 bits per heavy atom. The van der Waals surface area contributed by atoms with Crippen molar-refractivity contribution in [3.8, 4) is 0 Å². The minimum atomic E-state index is -0.443. The molecule has 0 fully saturated rings. The maximum Gasteiger partial charge on any atom is 0.325 e. The molecule has 0 aliphatic carbocycles. The van der Waals surface area contributed by atoms with Crippen LogP contribution < -0.4 is 0 Å². The standard InChI is InChI=1S/C21H39NO4/c1-4-6-7-8-9-10-11-12-13-14-15-16-19(23)17-20(24)22(3)18-21(25)26-5-2/h4-18H2,1-3H3. The van der Waals surface area contributed by atoms with E-state index >= 15 is 0 Å². The summed E-state index contributed by atoms with van der Waals surface area (Å²) in [5.41, 5.74) is 0. The van der Waals surface area contributed by atoms with Gasteiger partial charge in [-0.1, -0.05) is 71.1 Å². The van der Waals surface area contributed by atoms with Gasteiger partial charge in [-0.15, -0.1) is 0 Å².